The van der Waals surface area contributed by atoms with Crippen LogP contribution in [-0.2, 0) is 9.53 Å². The Morgan fingerprint density at radius 2 is 1.97 bits per heavy atom. The van der Waals surface area contributed by atoms with Crippen molar-refractivity contribution in [2.75, 3.05) is 31.7 Å². The molecule has 9 heteroatoms. The first kappa shape index (κ1) is 25.6. The van der Waals surface area contributed by atoms with Gasteiger partial charge in [0.15, 0.2) is 0 Å². The number of aryl methyl sites for hydroxylation is 2. The Bertz CT molecular complexity index is 1160. The van der Waals surface area contributed by atoms with Crippen molar-refractivity contribution >= 4 is 17.5 Å². The van der Waals surface area contributed by atoms with Crippen LogP contribution in [0.25, 0.3) is 11.3 Å². The average Bonchev–Trinajstić information content (AvgIpc) is 3.26. The summed E-state index contributed by atoms with van der Waals surface area (Å²) in [6, 6.07) is 7.65. The predicted octanol–water partition coefficient (Wildman–Crippen LogP) is 5.07. The Morgan fingerprint density at radius 1 is 1.14 bits per heavy atom. The summed E-state index contributed by atoms with van der Waals surface area (Å²) in [4.78, 5) is 20.2. The summed E-state index contributed by atoms with van der Waals surface area (Å²) in [6.07, 6.45) is 7.86. The van der Waals surface area contributed by atoms with Gasteiger partial charge in [0.1, 0.15) is 18.1 Å². The van der Waals surface area contributed by atoms with Gasteiger partial charge in [-0.15, -0.1) is 0 Å². The number of nitrogens with one attached hydrogen (secondary N) is 2. The van der Waals surface area contributed by atoms with Crippen molar-refractivity contribution in [3.8, 4) is 17.0 Å². The smallest absolute Gasteiger partial charge is 0.227 e. The van der Waals surface area contributed by atoms with E-state index in [2.05, 4.69) is 20.8 Å². The minimum Gasteiger partial charge on any atom is -0.491 e. The van der Waals surface area contributed by atoms with Crippen LogP contribution in [0.15, 0.2) is 35.0 Å². The van der Waals surface area contributed by atoms with Crippen LogP contribution in [0.4, 0.5) is 11.6 Å². The Labute approximate surface area is 212 Å². The van der Waals surface area contributed by atoms with Crippen LogP contribution >= 0.6 is 0 Å². The highest BCUT2D eigenvalue weighted by atomic mass is 16.5. The predicted molar refractivity (Wildman–Crippen MR) is 138 cm³/mol. The van der Waals surface area contributed by atoms with Gasteiger partial charge in [-0.25, -0.2) is 9.97 Å². The molecule has 9 nitrogen and oxygen atoms in total. The SMILES string of the molecule is CC(=O)NCCOCCOc1cccc(Nc2ncc(C)c(-c3c(C4CCCCC4)noc3C)n2)c1. The molecule has 1 aliphatic carbocycles. The number of hydrogen-bond donors (Lipinski definition) is 2. The summed E-state index contributed by atoms with van der Waals surface area (Å²) >= 11 is 0. The molecule has 36 heavy (non-hydrogen) atoms. The summed E-state index contributed by atoms with van der Waals surface area (Å²) < 4.78 is 16.9. The monoisotopic (exact) mass is 493 g/mol. The van der Waals surface area contributed by atoms with E-state index in [1.807, 2.05) is 44.3 Å². The number of nitrogens with zero attached hydrogens (tertiary/aromatic N) is 3. The highest BCUT2D eigenvalue weighted by Crippen LogP contribution is 2.39. The van der Waals surface area contributed by atoms with E-state index in [4.69, 9.17) is 19.0 Å². The highest BCUT2D eigenvalue weighted by Gasteiger charge is 2.26. The minimum absolute atomic E-state index is 0.0647. The van der Waals surface area contributed by atoms with Crippen LogP contribution in [0.5, 0.6) is 5.75 Å². The first-order chi connectivity index (χ1) is 17.5. The second-order valence-electron chi connectivity index (χ2n) is 9.16. The highest BCUT2D eigenvalue weighted by molar-refractivity contribution is 5.72. The first-order valence-electron chi connectivity index (χ1n) is 12.6. The molecule has 2 aromatic heterocycles. The summed E-state index contributed by atoms with van der Waals surface area (Å²) in [6.45, 7) is 7.23. The standard InChI is InChI=1S/C27H35N5O4/c1-18-17-29-27(31-25(18)24-19(2)36-32-26(24)21-8-5-4-6-9-21)30-22-10-7-11-23(16-22)35-15-14-34-13-12-28-20(3)33/h7,10-11,16-17,21H,4-6,8-9,12-15H2,1-3H3,(H,28,33)(H,29,30,31). The fourth-order valence-electron chi connectivity index (χ4n) is 4.50. The first-order valence-corrected chi connectivity index (χ1v) is 12.6. The van der Waals surface area contributed by atoms with Gasteiger partial charge in [-0.3, -0.25) is 4.79 Å². The third-order valence-corrected chi connectivity index (χ3v) is 6.30. The Morgan fingerprint density at radius 3 is 2.78 bits per heavy atom. The minimum atomic E-state index is -0.0647. The molecular weight excluding hydrogens is 458 g/mol. The molecule has 2 N–H and O–H groups in total. The molecule has 1 amide bonds. The largest absolute Gasteiger partial charge is 0.491 e. The van der Waals surface area contributed by atoms with Gasteiger partial charge in [0.25, 0.3) is 0 Å². The van der Waals surface area contributed by atoms with Gasteiger partial charge in [0.05, 0.1) is 30.2 Å². The molecule has 3 aromatic rings. The Balaban J connectivity index is 1.40. The van der Waals surface area contributed by atoms with E-state index in [0.717, 1.165) is 46.8 Å². The van der Waals surface area contributed by atoms with Crippen molar-refractivity contribution in [1.82, 2.24) is 20.4 Å². The van der Waals surface area contributed by atoms with Crippen LogP contribution in [0.3, 0.4) is 0 Å². The van der Waals surface area contributed by atoms with Gasteiger partial charge in [-0.1, -0.05) is 30.5 Å². The maximum atomic E-state index is 10.9. The average molecular weight is 494 g/mol. The fraction of sp³-hybridized carbons (Fsp3) is 0.481. The second kappa shape index (κ2) is 12.5. The van der Waals surface area contributed by atoms with E-state index in [0.29, 0.717) is 44.0 Å². The number of ether oxygens (including phenoxy) is 2. The van der Waals surface area contributed by atoms with E-state index in [9.17, 15) is 4.79 Å². The topological polar surface area (TPSA) is 111 Å². The lowest BCUT2D eigenvalue weighted by Gasteiger charge is -2.20. The van der Waals surface area contributed by atoms with Crippen molar-refractivity contribution in [3.05, 3.63) is 47.5 Å². The molecular formula is C27H35N5O4. The summed E-state index contributed by atoms with van der Waals surface area (Å²) in [5.74, 6) is 2.36. The van der Waals surface area contributed by atoms with Crippen molar-refractivity contribution < 1.29 is 18.8 Å². The van der Waals surface area contributed by atoms with Crippen molar-refractivity contribution in [2.24, 2.45) is 0 Å². The molecule has 0 unspecified atom stereocenters. The van der Waals surface area contributed by atoms with E-state index in [1.165, 1.54) is 26.2 Å². The zero-order valence-corrected chi connectivity index (χ0v) is 21.3. The normalized spacial score (nSPS) is 14.0. The zero-order chi connectivity index (χ0) is 25.3. The molecule has 1 aromatic carbocycles. The molecule has 0 aliphatic heterocycles. The lowest BCUT2D eigenvalue weighted by Crippen LogP contribution is -2.25. The molecule has 4 rings (SSSR count). The third-order valence-electron chi connectivity index (χ3n) is 6.30. The van der Waals surface area contributed by atoms with Gasteiger partial charge < -0.3 is 24.6 Å². The van der Waals surface area contributed by atoms with Crippen molar-refractivity contribution in [2.45, 2.75) is 58.8 Å². The summed E-state index contributed by atoms with van der Waals surface area (Å²) in [5, 5.41) is 10.4. The molecule has 2 heterocycles. The molecule has 1 aliphatic rings. The molecule has 0 atom stereocenters. The summed E-state index contributed by atoms with van der Waals surface area (Å²) in [7, 11) is 0. The van der Waals surface area contributed by atoms with Crippen LogP contribution in [0.2, 0.25) is 0 Å². The molecule has 0 radical (unpaired) electrons. The molecule has 1 fully saturated rings. The van der Waals surface area contributed by atoms with Crippen molar-refractivity contribution in [1.29, 1.82) is 0 Å². The molecule has 0 saturated heterocycles. The van der Waals surface area contributed by atoms with Crippen LogP contribution in [0, 0.1) is 13.8 Å². The van der Waals surface area contributed by atoms with Gasteiger partial charge in [0.2, 0.25) is 11.9 Å². The second-order valence-corrected chi connectivity index (χ2v) is 9.16. The maximum absolute atomic E-state index is 10.9. The van der Waals surface area contributed by atoms with Crippen LogP contribution < -0.4 is 15.4 Å². The number of amides is 1. The zero-order valence-electron chi connectivity index (χ0n) is 21.3. The van der Waals surface area contributed by atoms with Gasteiger partial charge in [-0.05, 0) is 44.4 Å². The van der Waals surface area contributed by atoms with Gasteiger partial charge >= 0.3 is 0 Å². The number of benzene rings is 1. The maximum Gasteiger partial charge on any atom is 0.227 e. The number of aromatic nitrogens is 3. The van der Waals surface area contributed by atoms with Crippen molar-refractivity contribution in [3.63, 3.8) is 0 Å². The number of carbonyl (C=O) groups excluding carboxylic acids is 1. The number of hydrogen-bond acceptors (Lipinski definition) is 8. The van der Waals surface area contributed by atoms with Crippen LogP contribution in [0.1, 0.15) is 62.0 Å². The molecule has 1 saturated carbocycles. The van der Waals surface area contributed by atoms with Gasteiger partial charge in [-0.2, -0.15) is 0 Å². The summed E-state index contributed by atoms with van der Waals surface area (Å²) in [5.41, 5.74) is 4.69. The van der Waals surface area contributed by atoms with Crippen LogP contribution in [-0.4, -0.2) is 47.4 Å². The van der Waals surface area contributed by atoms with E-state index < -0.39 is 0 Å². The number of carbonyl (C=O) groups is 1. The van der Waals surface area contributed by atoms with Gasteiger partial charge in [0, 0.05) is 37.3 Å². The van der Waals surface area contributed by atoms with E-state index in [-0.39, 0.29) is 5.91 Å². The fourth-order valence-corrected chi connectivity index (χ4v) is 4.50. The quantitative estimate of drug-likeness (QED) is 0.356. The molecule has 0 bridgehead atoms. The Hall–Kier alpha value is -3.46. The lowest BCUT2D eigenvalue weighted by molar-refractivity contribution is -0.119. The van der Waals surface area contributed by atoms with E-state index in [1.54, 1.807) is 0 Å². The Kier molecular flexibility index (Phi) is 8.89. The molecule has 0 spiro atoms. The number of anilines is 2. The third kappa shape index (κ3) is 6.81. The van der Waals surface area contributed by atoms with E-state index >= 15 is 0 Å². The number of rotatable bonds is 11. The lowest BCUT2D eigenvalue weighted by atomic mass is 9.84. The molecule has 192 valence electrons.